The van der Waals surface area contributed by atoms with Gasteiger partial charge in [-0.05, 0) is 6.07 Å². The second-order valence-electron chi connectivity index (χ2n) is 4.38. The number of carbonyl (C=O) groups is 2. The molecule has 0 unspecified atom stereocenters. The standard InChI is InChI=1S/C12H14N2O5/c1-12(2)18-10(15)9(11(16)19-12)14-7-5-4-6-8(13-7)17-3/h4-6,9H,1-3H3,(H,13,14). The first-order valence-electron chi connectivity index (χ1n) is 5.64. The molecule has 1 aromatic heterocycles. The lowest BCUT2D eigenvalue weighted by Crippen LogP contribution is -2.52. The predicted octanol–water partition coefficient (Wildman–Crippen LogP) is 0.707. The van der Waals surface area contributed by atoms with Gasteiger partial charge in [-0.25, -0.2) is 9.59 Å². The number of rotatable bonds is 3. The zero-order valence-corrected chi connectivity index (χ0v) is 10.8. The molecule has 0 spiro atoms. The summed E-state index contributed by atoms with van der Waals surface area (Å²) < 4.78 is 14.9. The zero-order valence-electron chi connectivity index (χ0n) is 10.8. The number of aromatic nitrogens is 1. The second kappa shape index (κ2) is 4.75. The summed E-state index contributed by atoms with van der Waals surface area (Å²) in [5, 5.41) is 2.65. The van der Waals surface area contributed by atoms with Gasteiger partial charge in [0.25, 0.3) is 5.79 Å². The third-order valence-electron chi connectivity index (χ3n) is 2.39. The van der Waals surface area contributed by atoms with Gasteiger partial charge >= 0.3 is 11.9 Å². The van der Waals surface area contributed by atoms with Gasteiger partial charge in [-0.15, -0.1) is 0 Å². The van der Waals surface area contributed by atoms with Crippen LogP contribution < -0.4 is 10.1 Å². The Hall–Kier alpha value is -2.31. The molecule has 1 fully saturated rings. The van der Waals surface area contributed by atoms with Crippen molar-refractivity contribution in [3.63, 3.8) is 0 Å². The topological polar surface area (TPSA) is 86.8 Å². The lowest BCUT2D eigenvalue weighted by atomic mass is 10.2. The van der Waals surface area contributed by atoms with Gasteiger partial charge in [-0.3, -0.25) is 0 Å². The van der Waals surface area contributed by atoms with Crippen molar-refractivity contribution in [3.05, 3.63) is 18.2 Å². The Morgan fingerprint density at radius 2 is 1.89 bits per heavy atom. The van der Waals surface area contributed by atoms with Crippen LogP contribution in [0.1, 0.15) is 13.8 Å². The van der Waals surface area contributed by atoms with Crippen LogP contribution in [0.5, 0.6) is 5.88 Å². The van der Waals surface area contributed by atoms with Crippen molar-refractivity contribution >= 4 is 17.8 Å². The van der Waals surface area contributed by atoms with Crippen LogP contribution in [0.2, 0.25) is 0 Å². The molecule has 1 aliphatic heterocycles. The number of esters is 2. The van der Waals surface area contributed by atoms with Crippen LogP contribution in [-0.4, -0.2) is 35.9 Å². The summed E-state index contributed by atoms with van der Waals surface area (Å²) >= 11 is 0. The van der Waals surface area contributed by atoms with Crippen molar-refractivity contribution in [1.82, 2.24) is 4.98 Å². The van der Waals surface area contributed by atoms with E-state index in [1.54, 1.807) is 18.2 Å². The van der Waals surface area contributed by atoms with Crippen molar-refractivity contribution in [2.45, 2.75) is 25.7 Å². The van der Waals surface area contributed by atoms with Gasteiger partial charge in [0.15, 0.2) is 0 Å². The molecule has 7 nitrogen and oxygen atoms in total. The number of methoxy groups -OCH3 is 1. The fourth-order valence-corrected chi connectivity index (χ4v) is 1.59. The van der Waals surface area contributed by atoms with E-state index in [0.29, 0.717) is 11.7 Å². The maximum Gasteiger partial charge on any atom is 0.343 e. The highest BCUT2D eigenvalue weighted by atomic mass is 16.7. The predicted molar refractivity (Wildman–Crippen MR) is 64.5 cm³/mol. The number of hydrogen-bond donors (Lipinski definition) is 1. The van der Waals surface area contributed by atoms with Gasteiger partial charge in [0.05, 0.1) is 7.11 Å². The molecule has 7 heteroatoms. The molecule has 0 bridgehead atoms. The van der Waals surface area contributed by atoms with Crippen LogP contribution in [0.3, 0.4) is 0 Å². The molecule has 0 aromatic carbocycles. The Morgan fingerprint density at radius 1 is 1.26 bits per heavy atom. The second-order valence-corrected chi connectivity index (χ2v) is 4.38. The molecule has 1 aromatic rings. The van der Waals surface area contributed by atoms with Gasteiger partial charge in [0.2, 0.25) is 11.9 Å². The smallest absolute Gasteiger partial charge is 0.343 e. The maximum atomic E-state index is 11.7. The van der Waals surface area contributed by atoms with Crippen LogP contribution in [0.15, 0.2) is 18.2 Å². The molecular weight excluding hydrogens is 252 g/mol. The Kier molecular flexibility index (Phi) is 3.28. The molecule has 0 saturated carbocycles. The fourth-order valence-electron chi connectivity index (χ4n) is 1.59. The monoisotopic (exact) mass is 266 g/mol. The third kappa shape index (κ3) is 2.93. The van der Waals surface area contributed by atoms with Gasteiger partial charge < -0.3 is 19.5 Å². The van der Waals surface area contributed by atoms with E-state index in [1.807, 2.05) is 0 Å². The van der Waals surface area contributed by atoms with E-state index in [4.69, 9.17) is 14.2 Å². The molecule has 102 valence electrons. The largest absolute Gasteiger partial charge is 0.481 e. The number of carbonyl (C=O) groups excluding carboxylic acids is 2. The van der Waals surface area contributed by atoms with E-state index >= 15 is 0 Å². The summed E-state index contributed by atoms with van der Waals surface area (Å²) in [5.41, 5.74) is 0. The average Bonchev–Trinajstić information content (AvgIpc) is 2.33. The molecule has 1 aliphatic rings. The minimum Gasteiger partial charge on any atom is -0.481 e. The molecule has 19 heavy (non-hydrogen) atoms. The average molecular weight is 266 g/mol. The Labute approximate surface area is 109 Å². The number of hydrogen-bond acceptors (Lipinski definition) is 7. The Bertz CT molecular complexity index is 495. The van der Waals surface area contributed by atoms with Gasteiger partial charge in [0, 0.05) is 19.9 Å². The molecule has 0 radical (unpaired) electrons. The molecule has 2 heterocycles. The van der Waals surface area contributed by atoms with E-state index in [1.165, 1.54) is 21.0 Å². The van der Waals surface area contributed by atoms with Crippen LogP contribution in [-0.2, 0) is 19.1 Å². The number of anilines is 1. The summed E-state index contributed by atoms with van der Waals surface area (Å²) in [7, 11) is 1.47. The van der Waals surface area contributed by atoms with Crippen molar-refractivity contribution in [1.29, 1.82) is 0 Å². The third-order valence-corrected chi connectivity index (χ3v) is 2.39. The fraction of sp³-hybridized carbons (Fsp3) is 0.417. The highest BCUT2D eigenvalue weighted by Gasteiger charge is 2.43. The molecule has 1 N–H and O–H groups in total. The van der Waals surface area contributed by atoms with E-state index in [0.717, 1.165) is 0 Å². The van der Waals surface area contributed by atoms with Crippen molar-refractivity contribution in [2.24, 2.45) is 0 Å². The highest BCUT2D eigenvalue weighted by molar-refractivity contribution is 6.03. The van der Waals surface area contributed by atoms with Gasteiger partial charge in [-0.1, -0.05) is 6.07 Å². The minimum absolute atomic E-state index is 0.318. The lowest BCUT2D eigenvalue weighted by molar-refractivity contribution is -0.232. The first-order valence-corrected chi connectivity index (χ1v) is 5.64. The summed E-state index contributed by atoms with van der Waals surface area (Å²) in [6.45, 7) is 2.98. The van der Waals surface area contributed by atoms with Crippen LogP contribution in [0.4, 0.5) is 5.82 Å². The lowest BCUT2D eigenvalue weighted by Gasteiger charge is -2.33. The molecule has 1 saturated heterocycles. The van der Waals surface area contributed by atoms with Gasteiger partial charge in [-0.2, -0.15) is 4.98 Å². The normalized spacial score (nSPS) is 18.5. The van der Waals surface area contributed by atoms with E-state index < -0.39 is 23.8 Å². The van der Waals surface area contributed by atoms with Crippen molar-refractivity contribution < 1.29 is 23.8 Å². The molecule has 2 rings (SSSR count). The Morgan fingerprint density at radius 3 is 2.47 bits per heavy atom. The van der Waals surface area contributed by atoms with Crippen molar-refractivity contribution in [3.8, 4) is 5.88 Å². The summed E-state index contributed by atoms with van der Waals surface area (Å²) in [5.74, 6) is -1.97. The first-order chi connectivity index (χ1) is 8.91. The molecule has 0 amide bonds. The van der Waals surface area contributed by atoms with Crippen molar-refractivity contribution in [2.75, 3.05) is 12.4 Å². The van der Waals surface area contributed by atoms with E-state index in [9.17, 15) is 9.59 Å². The highest BCUT2D eigenvalue weighted by Crippen LogP contribution is 2.21. The number of ether oxygens (including phenoxy) is 3. The number of nitrogens with zero attached hydrogens (tertiary/aromatic N) is 1. The Balaban J connectivity index is 2.14. The molecule has 0 atom stereocenters. The number of nitrogens with one attached hydrogen (secondary N) is 1. The SMILES string of the molecule is COc1cccc(NC2C(=O)OC(C)(C)OC2=O)n1. The quantitative estimate of drug-likeness (QED) is 0.636. The summed E-state index contributed by atoms with van der Waals surface area (Å²) in [4.78, 5) is 27.5. The van der Waals surface area contributed by atoms with Gasteiger partial charge in [0.1, 0.15) is 5.82 Å². The summed E-state index contributed by atoms with van der Waals surface area (Å²) in [6, 6.07) is 3.69. The van der Waals surface area contributed by atoms with E-state index in [2.05, 4.69) is 10.3 Å². The molecular formula is C12H14N2O5. The zero-order chi connectivity index (χ0) is 14.0. The van der Waals surface area contributed by atoms with Crippen LogP contribution >= 0.6 is 0 Å². The number of cyclic esters (lactones) is 2. The summed E-state index contributed by atoms with van der Waals surface area (Å²) in [6.07, 6.45) is 0. The van der Waals surface area contributed by atoms with Crippen LogP contribution in [0, 0.1) is 0 Å². The number of pyridine rings is 1. The maximum absolute atomic E-state index is 11.7. The molecule has 0 aliphatic carbocycles. The first kappa shape index (κ1) is 13.1. The minimum atomic E-state index is -1.24. The van der Waals surface area contributed by atoms with E-state index in [-0.39, 0.29) is 0 Å². The van der Waals surface area contributed by atoms with Crippen LogP contribution in [0.25, 0.3) is 0 Å².